The van der Waals surface area contributed by atoms with Gasteiger partial charge in [0.2, 0.25) is 0 Å². The zero-order valence-electron chi connectivity index (χ0n) is 12.3. The minimum absolute atomic E-state index is 0.294. The monoisotopic (exact) mass is 329 g/mol. The number of anilines is 1. The van der Waals surface area contributed by atoms with Gasteiger partial charge >= 0.3 is 0 Å². The van der Waals surface area contributed by atoms with Gasteiger partial charge in [0, 0.05) is 27.2 Å². The maximum atomic E-state index is 6.47. The fourth-order valence-corrected chi connectivity index (χ4v) is 4.37. The van der Waals surface area contributed by atoms with Crippen molar-refractivity contribution < 1.29 is 0 Å². The molecule has 1 aliphatic heterocycles. The van der Waals surface area contributed by atoms with Crippen molar-refractivity contribution in [3.8, 4) is 0 Å². The molecule has 0 bridgehead atoms. The lowest BCUT2D eigenvalue weighted by Gasteiger charge is -2.38. The number of rotatable bonds is 1. The predicted octanol–water partition coefficient (Wildman–Crippen LogP) is 6.13. The highest BCUT2D eigenvalue weighted by Crippen LogP contribution is 2.52. The van der Waals surface area contributed by atoms with Gasteiger partial charge in [0.25, 0.3) is 0 Å². The van der Waals surface area contributed by atoms with E-state index in [9.17, 15) is 0 Å². The summed E-state index contributed by atoms with van der Waals surface area (Å²) in [6.07, 6.45) is 5.65. The Labute approximate surface area is 140 Å². The summed E-state index contributed by atoms with van der Waals surface area (Å²) in [6.45, 7) is 2.12. The van der Waals surface area contributed by atoms with Gasteiger partial charge in [-0.15, -0.1) is 0 Å². The maximum absolute atomic E-state index is 6.47. The largest absolute Gasteiger partial charge is 0.378 e. The Balaban J connectivity index is 1.82. The summed E-state index contributed by atoms with van der Waals surface area (Å²) in [4.78, 5) is 0. The first-order valence-electron chi connectivity index (χ1n) is 7.62. The molecule has 2 aliphatic rings. The molecule has 0 spiro atoms. The van der Waals surface area contributed by atoms with E-state index in [4.69, 9.17) is 23.2 Å². The van der Waals surface area contributed by atoms with Crippen molar-refractivity contribution in [3.63, 3.8) is 0 Å². The zero-order valence-corrected chi connectivity index (χ0v) is 13.8. The van der Waals surface area contributed by atoms with Crippen LogP contribution in [0.25, 0.3) is 0 Å². The van der Waals surface area contributed by atoms with Crippen molar-refractivity contribution in [1.82, 2.24) is 0 Å². The Kier molecular flexibility index (Phi) is 3.43. The van der Waals surface area contributed by atoms with Gasteiger partial charge in [-0.25, -0.2) is 0 Å². The van der Waals surface area contributed by atoms with Crippen LogP contribution in [-0.2, 0) is 0 Å². The molecule has 22 heavy (non-hydrogen) atoms. The second kappa shape index (κ2) is 5.33. The minimum Gasteiger partial charge on any atom is -0.378 e. The molecule has 0 aromatic heterocycles. The summed E-state index contributed by atoms with van der Waals surface area (Å²) >= 11 is 12.7. The van der Waals surface area contributed by atoms with Gasteiger partial charge in [-0.3, -0.25) is 0 Å². The average molecular weight is 330 g/mol. The lowest BCUT2D eigenvalue weighted by atomic mass is 9.77. The molecule has 3 heteroatoms. The number of aryl methyl sites for hydroxylation is 1. The Morgan fingerprint density at radius 3 is 2.64 bits per heavy atom. The lowest BCUT2D eigenvalue weighted by Crippen LogP contribution is -2.29. The Morgan fingerprint density at radius 2 is 1.86 bits per heavy atom. The number of halogens is 2. The molecule has 0 fully saturated rings. The average Bonchev–Trinajstić information content (AvgIpc) is 2.95. The Bertz CT molecular complexity index is 749. The SMILES string of the molecule is Cc1ccc([C@@H]2Nc3cc(Cl)cc(Cl)c3[C@H]3C=CC[C@@H]32)cc1. The molecule has 0 saturated carbocycles. The first kappa shape index (κ1) is 14.2. The number of benzene rings is 2. The highest BCUT2D eigenvalue weighted by molar-refractivity contribution is 6.35. The van der Waals surface area contributed by atoms with Crippen molar-refractivity contribution in [2.75, 3.05) is 5.32 Å². The van der Waals surface area contributed by atoms with Crippen LogP contribution >= 0.6 is 23.2 Å². The fourth-order valence-electron chi connectivity index (χ4n) is 3.75. The third-order valence-corrected chi connectivity index (χ3v) is 5.35. The molecule has 0 saturated heterocycles. The first-order chi connectivity index (χ1) is 10.6. The third-order valence-electron chi connectivity index (χ3n) is 4.82. The summed E-state index contributed by atoms with van der Waals surface area (Å²) in [6, 6.07) is 12.9. The van der Waals surface area contributed by atoms with Gasteiger partial charge < -0.3 is 5.32 Å². The van der Waals surface area contributed by atoms with Gasteiger partial charge in [0.15, 0.2) is 0 Å². The van der Waals surface area contributed by atoms with E-state index in [0.717, 1.165) is 17.1 Å². The summed E-state index contributed by atoms with van der Waals surface area (Å²) in [5.41, 5.74) is 4.86. The number of hydrogen-bond donors (Lipinski definition) is 1. The van der Waals surface area contributed by atoms with E-state index in [2.05, 4.69) is 48.7 Å². The molecule has 1 heterocycles. The van der Waals surface area contributed by atoms with Crippen LogP contribution < -0.4 is 5.32 Å². The number of hydrogen-bond acceptors (Lipinski definition) is 1. The molecule has 1 N–H and O–H groups in total. The number of nitrogens with one attached hydrogen (secondary N) is 1. The molecular formula is C19H17Cl2N. The van der Waals surface area contributed by atoms with E-state index >= 15 is 0 Å². The summed E-state index contributed by atoms with van der Waals surface area (Å²) in [5, 5.41) is 5.12. The standard InChI is InChI=1S/C19H17Cl2N/c1-11-5-7-12(8-6-11)19-15-4-2-3-14(15)18-16(21)9-13(20)10-17(18)22-19/h2-3,5-10,14-15,19,22H,4H2,1H3/t14-,15-,19-/m0/s1. The van der Waals surface area contributed by atoms with E-state index in [1.165, 1.54) is 16.7 Å². The van der Waals surface area contributed by atoms with Crippen molar-refractivity contribution in [1.29, 1.82) is 0 Å². The quantitative estimate of drug-likeness (QED) is 0.620. The van der Waals surface area contributed by atoms with Crippen LogP contribution in [0.1, 0.15) is 35.1 Å². The molecule has 4 rings (SSSR count). The molecule has 2 aromatic rings. The van der Waals surface area contributed by atoms with Gasteiger partial charge in [-0.2, -0.15) is 0 Å². The van der Waals surface area contributed by atoms with Gasteiger partial charge in [-0.05, 0) is 37.0 Å². The fraction of sp³-hybridized carbons (Fsp3) is 0.263. The van der Waals surface area contributed by atoms with Gasteiger partial charge in [0.1, 0.15) is 0 Å². The van der Waals surface area contributed by atoms with Gasteiger partial charge in [-0.1, -0.05) is 65.2 Å². The van der Waals surface area contributed by atoms with E-state index < -0.39 is 0 Å². The third kappa shape index (κ3) is 2.24. The Hall–Kier alpha value is -1.44. The van der Waals surface area contributed by atoms with Gasteiger partial charge in [0.05, 0.1) is 6.04 Å². The van der Waals surface area contributed by atoms with E-state index in [-0.39, 0.29) is 0 Å². The van der Waals surface area contributed by atoms with Crippen molar-refractivity contribution in [2.24, 2.45) is 5.92 Å². The normalized spacial score (nSPS) is 25.5. The molecule has 1 nitrogen and oxygen atoms in total. The highest BCUT2D eigenvalue weighted by Gasteiger charge is 2.39. The van der Waals surface area contributed by atoms with Crippen LogP contribution in [0, 0.1) is 12.8 Å². The summed E-state index contributed by atoms with van der Waals surface area (Å²) in [5.74, 6) is 0.876. The van der Waals surface area contributed by atoms with Crippen molar-refractivity contribution >= 4 is 28.9 Å². The number of fused-ring (bicyclic) bond motifs is 3. The van der Waals surface area contributed by atoms with Crippen LogP contribution in [0.4, 0.5) is 5.69 Å². The van der Waals surface area contributed by atoms with E-state index in [0.29, 0.717) is 22.9 Å². The maximum Gasteiger partial charge on any atom is 0.0553 e. The van der Waals surface area contributed by atoms with Crippen LogP contribution in [0.15, 0.2) is 48.6 Å². The van der Waals surface area contributed by atoms with Crippen LogP contribution in [0.2, 0.25) is 10.0 Å². The van der Waals surface area contributed by atoms with Crippen molar-refractivity contribution in [3.05, 3.63) is 75.3 Å². The second-order valence-corrected chi connectivity index (χ2v) is 7.08. The molecular weight excluding hydrogens is 313 g/mol. The Morgan fingerprint density at radius 1 is 1.09 bits per heavy atom. The first-order valence-corrected chi connectivity index (χ1v) is 8.38. The molecule has 0 amide bonds. The molecule has 3 atom stereocenters. The second-order valence-electron chi connectivity index (χ2n) is 6.24. The summed E-state index contributed by atoms with van der Waals surface area (Å²) in [7, 11) is 0. The smallest absolute Gasteiger partial charge is 0.0553 e. The molecule has 0 radical (unpaired) electrons. The van der Waals surface area contributed by atoms with E-state index in [1.54, 1.807) is 0 Å². The molecule has 0 unspecified atom stereocenters. The van der Waals surface area contributed by atoms with Crippen molar-refractivity contribution in [2.45, 2.75) is 25.3 Å². The zero-order chi connectivity index (χ0) is 15.3. The lowest BCUT2D eigenvalue weighted by molar-refractivity contribution is 0.425. The van der Waals surface area contributed by atoms with Crippen LogP contribution in [0.5, 0.6) is 0 Å². The van der Waals surface area contributed by atoms with E-state index in [1.807, 2.05) is 12.1 Å². The minimum atomic E-state index is 0.294. The predicted molar refractivity (Wildman–Crippen MR) is 94.0 cm³/mol. The summed E-state index contributed by atoms with van der Waals surface area (Å²) < 4.78 is 0. The number of allylic oxidation sites excluding steroid dienone is 2. The molecule has 2 aromatic carbocycles. The topological polar surface area (TPSA) is 12.0 Å². The van der Waals surface area contributed by atoms with Crippen LogP contribution in [0.3, 0.4) is 0 Å². The molecule has 112 valence electrons. The highest BCUT2D eigenvalue weighted by atomic mass is 35.5. The molecule has 1 aliphatic carbocycles. The van der Waals surface area contributed by atoms with Crippen LogP contribution in [-0.4, -0.2) is 0 Å².